The minimum absolute atomic E-state index is 0.117. The Bertz CT molecular complexity index is 504. The largest absolute Gasteiger partial charge is 0.308 e. The molecule has 0 amide bonds. The van der Waals surface area contributed by atoms with Crippen LogP contribution in [0.25, 0.3) is 0 Å². The van der Waals surface area contributed by atoms with Crippen LogP contribution < -0.4 is 0 Å². The number of rotatable bonds is 6. The average Bonchev–Trinajstić information content (AvgIpc) is 3.03. The van der Waals surface area contributed by atoms with Crippen LogP contribution in [-0.4, -0.2) is 65.6 Å². The van der Waals surface area contributed by atoms with Gasteiger partial charge in [0.15, 0.2) is 0 Å². The van der Waals surface area contributed by atoms with E-state index in [1.165, 1.54) is 0 Å². The third kappa shape index (κ3) is 3.15. The number of halogens is 1. The monoisotopic (exact) mass is 312 g/mol. The van der Waals surface area contributed by atoms with Gasteiger partial charge in [-0.2, -0.15) is 5.10 Å². The third-order valence-electron chi connectivity index (χ3n) is 4.48. The molecule has 118 valence electrons. The maximum Gasteiger partial charge on any atom is 0.202 e. The number of carbonyl (C=O) groups excluding carboxylic acids is 1. The number of ketones is 1. The summed E-state index contributed by atoms with van der Waals surface area (Å²) in [4.78, 5) is 17.3. The molecule has 1 aliphatic carbocycles. The van der Waals surface area contributed by atoms with Gasteiger partial charge in [0.05, 0.1) is 23.3 Å². The van der Waals surface area contributed by atoms with Crippen molar-refractivity contribution >= 4 is 17.4 Å². The summed E-state index contributed by atoms with van der Waals surface area (Å²) in [6.45, 7) is 1.50. The molecule has 0 aromatic carbocycles. The van der Waals surface area contributed by atoms with Gasteiger partial charge in [-0.1, -0.05) is 24.4 Å². The number of aromatic nitrogens is 2. The first-order chi connectivity index (χ1) is 9.88. The van der Waals surface area contributed by atoms with Gasteiger partial charge in [0.1, 0.15) is 5.69 Å². The SMILES string of the molecule is CN(C)CCn1ncc(Cl)c1C(=O)C1(N(C)C)CCCC1. The normalized spacial score (nSPS) is 17.9. The zero-order valence-corrected chi connectivity index (χ0v) is 14.2. The van der Waals surface area contributed by atoms with Crippen LogP contribution in [0, 0.1) is 0 Å². The topological polar surface area (TPSA) is 41.4 Å². The summed E-state index contributed by atoms with van der Waals surface area (Å²) in [6.07, 6.45) is 5.56. The summed E-state index contributed by atoms with van der Waals surface area (Å²) >= 11 is 6.26. The smallest absolute Gasteiger partial charge is 0.202 e. The first-order valence-corrected chi connectivity index (χ1v) is 7.84. The molecule has 0 bridgehead atoms. The third-order valence-corrected chi connectivity index (χ3v) is 4.75. The molecular weight excluding hydrogens is 288 g/mol. The molecule has 5 nitrogen and oxygen atoms in total. The zero-order chi connectivity index (χ0) is 15.6. The van der Waals surface area contributed by atoms with E-state index in [0.29, 0.717) is 17.3 Å². The van der Waals surface area contributed by atoms with Crippen molar-refractivity contribution in [1.29, 1.82) is 0 Å². The maximum absolute atomic E-state index is 13.2. The van der Waals surface area contributed by atoms with Gasteiger partial charge in [0, 0.05) is 6.54 Å². The molecule has 1 aromatic heterocycles. The lowest BCUT2D eigenvalue weighted by Crippen LogP contribution is -2.49. The molecule has 6 heteroatoms. The molecule has 0 spiro atoms. The van der Waals surface area contributed by atoms with Crippen LogP contribution in [-0.2, 0) is 6.54 Å². The van der Waals surface area contributed by atoms with E-state index in [1.54, 1.807) is 10.9 Å². The highest BCUT2D eigenvalue weighted by atomic mass is 35.5. The number of carbonyl (C=O) groups is 1. The molecule has 0 unspecified atom stereocenters. The second-order valence-corrected chi connectivity index (χ2v) is 6.74. The van der Waals surface area contributed by atoms with Gasteiger partial charge in [-0.3, -0.25) is 14.4 Å². The maximum atomic E-state index is 13.2. The highest BCUT2D eigenvalue weighted by Crippen LogP contribution is 2.37. The van der Waals surface area contributed by atoms with Crippen molar-refractivity contribution in [2.24, 2.45) is 0 Å². The van der Waals surface area contributed by atoms with Crippen molar-refractivity contribution in [3.05, 3.63) is 16.9 Å². The molecule has 0 aliphatic heterocycles. The lowest BCUT2D eigenvalue weighted by molar-refractivity contribution is 0.0680. The molecule has 0 saturated heterocycles. The molecular formula is C15H25ClN4O. The Hall–Kier alpha value is -0.910. The van der Waals surface area contributed by atoms with Gasteiger partial charge < -0.3 is 4.90 Å². The van der Waals surface area contributed by atoms with Crippen molar-refractivity contribution in [1.82, 2.24) is 19.6 Å². The highest BCUT2D eigenvalue weighted by Gasteiger charge is 2.45. The van der Waals surface area contributed by atoms with Crippen molar-refractivity contribution in [3.63, 3.8) is 0 Å². The Balaban J connectivity index is 2.32. The number of Topliss-reactive ketones (excluding diaryl/α,β-unsaturated/α-hetero) is 1. The van der Waals surface area contributed by atoms with Gasteiger partial charge in [-0.15, -0.1) is 0 Å². The quantitative estimate of drug-likeness (QED) is 0.755. The first kappa shape index (κ1) is 16.5. The molecule has 2 rings (SSSR count). The fourth-order valence-corrected chi connectivity index (χ4v) is 3.34. The minimum Gasteiger partial charge on any atom is -0.308 e. The van der Waals surface area contributed by atoms with E-state index in [4.69, 9.17) is 11.6 Å². The van der Waals surface area contributed by atoms with Crippen LogP contribution in [0.5, 0.6) is 0 Å². The zero-order valence-electron chi connectivity index (χ0n) is 13.4. The summed E-state index contributed by atoms with van der Waals surface area (Å²) in [5.41, 5.74) is 0.147. The fourth-order valence-electron chi connectivity index (χ4n) is 3.11. The molecule has 21 heavy (non-hydrogen) atoms. The van der Waals surface area contributed by atoms with Gasteiger partial charge in [-0.05, 0) is 41.0 Å². The van der Waals surface area contributed by atoms with E-state index in [0.717, 1.165) is 32.2 Å². The Kier molecular flexibility index (Phi) is 5.07. The van der Waals surface area contributed by atoms with E-state index in [-0.39, 0.29) is 5.78 Å². The van der Waals surface area contributed by atoms with Gasteiger partial charge in [0.2, 0.25) is 5.78 Å². The van der Waals surface area contributed by atoms with Gasteiger partial charge in [0.25, 0.3) is 0 Å². The predicted octanol–water partition coefficient (Wildman–Crippen LogP) is 2.16. The Morgan fingerprint density at radius 1 is 1.33 bits per heavy atom. The van der Waals surface area contributed by atoms with Crippen LogP contribution in [0.1, 0.15) is 36.2 Å². The summed E-state index contributed by atoms with van der Waals surface area (Å²) in [6, 6.07) is 0. The molecule has 1 aliphatic rings. The minimum atomic E-state index is -0.417. The van der Waals surface area contributed by atoms with E-state index >= 15 is 0 Å². The van der Waals surface area contributed by atoms with Crippen molar-refractivity contribution in [2.75, 3.05) is 34.7 Å². The fraction of sp³-hybridized carbons (Fsp3) is 0.733. The molecule has 1 saturated carbocycles. The molecule has 0 atom stereocenters. The van der Waals surface area contributed by atoms with E-state index in [1.807, 2.05) is 28.2 Å². The van der Waals surface area contributed by atoms with E-state index in [9.17, 15) is 4.79 Å². The molecule has 1 fully saturated rings. The number of hydrogen-bond acceptors (Lipinski definition) is 4. The highest BCUT2D eigenvalue weighted by molar-refractivity contribution is 6.34. The Labute approximate surface area is 131 Å². The lowest BCUT2D eigenvalue weighted by atomic mass is 9.88. The second kappa shape index (κ2) is 6.46. The number of hydrogen-bond donors (Lipinski definition) is 0. The van der Waals surface area contributed by atoms with Crippen LogP contribution in [0.4, 0.5) is 0 Å². The number of nitrogens with zero attached hydrogens (tertiary/aromatic N) is 4. The summed E-state index contributed by atoms with van der Waals surface area (Å²) in [5.74, 6) is 0.117. The molecule has 0 radical (unpaired) electrons. The van der Waals surface area contributed by atoms with Crippen LogP contribution in [0.15, 0.2) is 6.20 Å². The molecule has 1 heterocycles. The number of likely N-dealkylation sites (N-methyl/N-ethyl adjacent to an activating group) is 2. The first-order valence-electron chi connectivity index (χ1n) is 7.47. The summed E-state index contributed by atoms with van der Waals surface area (Å²) in [5, 5.41) is 4.75. The Morgan fingerprint density at radius 2 is 1.95 bits per heavy atom. The van der Waals surface area contributed by atoms with Crippen LogP contribution in [0.2, 0.25) is 5.02 Å². The lowest BCUT2D eigenvalue weighted by Gasteiger charge is -2.34. The van der Waals surface area contributed by atoms with Gasteiger partial charge >= 0.3 is 0 Å². The van der Waals surface area contributed by atoms with Crippen LogP contribution in [0.3, 0.4) is 0 Å². The van der Waals surface area contributed by atoms with Crippen molar-refractivity contribution in [3.8, 4) is 0 Å². The standard InChI is InChI=1S/C15H25ClN4O/c1-18(2)9-10-20-13(12(16)11-17-20)14(21)15(19(3)4)7-5-6-8-15/h11H,5-10H2,1-4H3. The van der Waals surface area contributed by atoms with Crippen molar-refractivity contribution < 1.29 is 4.79 Å². The predicted molar refractivity (Wildman–Crippen MR) is 85.0 cm³/mol. The van der Waals surface area contributed by atoms with E-state index < -0.39 is 5.54 Å². The molecule has 0 N–H and O–H groups in total. The molecule has 1 aromatic rings. The van der Waals surface area contributed by atoms with E-state index in [2.05, 4.69) is 14.9 Å². The second-order valence-electron chi connectivity index (χ2n) is 6.33. The summed E-state index contributed by atoms with van der Waals surface area (Å²) in [7, 11) is 7.98. The van der Waals surface area contributed by atoms with Gasteiger partial charge in [-0.25, -0.2) is 0 Å². The Morgan fingerprint density at radius 3 is 2.48 bits per heavy atom. The van der Waals surface area contributed by atoms with Crippen molar-refractivity contribution in [2.45, 2.75) is 37.8 Å². The summed E-state index contributed by atoms with van der Waals surface area (Å²) < 4.78 is 1.76. The van der Waals surface area contributed by atoms with Crippen LogP contribution >= 0.6 is 11.6 Å². The average molecular weight is 313 g/mol.